The average Bonchev–Trinajstić information content (AvgIpc) is 3.01. The molecular formula is C17H14FN3O3. The molecule has 0 saturated carbocycles. The average molecular weight is 327 g/mol. The van der Waals surface area contributed by atoms with E-state index in [9.17, 15) is 18.8 Å². The molecule has 0 radical (unpaired) electrons. The first kappa shape index (κ1) is 15.7. The lowest BCUT2D eigenvalue weighted by atomic mass is 10.1. The van der Waals surface area contributed by atoms with E-state index in [0.29, 0.717) is 24.3 Å². The van der Waals surface area contributed by atoms with Gasteiger partial charge >= 0.3 is 6.03 Å². The van der Waals surface area contributed by atoms with Crippen LogP contribution in [0.4, 0.5) is 14.9 Å². The molecule has 3 rings (SSSR count). The number of benzene rings is 2. The second-order valence-electron chi connectivity index (χ2n) is 5.20. The highest BCUT2D eigenvalue weighted by atomic mass is 19.1. The van der Waals surface area contributed by atoms with Crippen LogP contribution < -0.4 is 10.6 Å². The molecule has 2 aromatic carbocycles. The molecule has 1 fully saturated rings. The molecule has 0 aliphatic carbocycles. The minimum absolute atomic E-state index is 0.0635. The number of hydrogen-bond acceptors (Lipinski definition) is 3. The van der Waals surface area contributed by atoms with Crippen molar-refractivity contribution in [2.24, 2.45) is 0 Å². The van der Waals surface area contributed by atoms with Gasteiger partial charge in [0.15, 0.2) is 0 Å². The highest BCUT2D eigenvalue weighted by Gasteiger charge is 2.26. The number of nitrogens with zero attached hydrogens (tertiary/aromatic N) is 1. The number of hydrogen-bond donors (Lipinski definition) is 2. The van der Waals surface area contributed by atoms with Crippen molar-refractivity contribution < 1.29 is 18.8 Å². The normalized spacial score (nSPS) is 13.5. The highest BCUT2D eigenvalue weighted by Crippen LogP contribution is 2.15. The predicted octanol–water partition coefficient (Wildman–Crippen LogP) is 2.24. The Bertz CT molecular complexity index is 805. The second kappa shape index (κ2) is 6.49. The van der Waals surface area contributed by atoms with Gasteiger partial charge < -0.3 is 10.6 Å². The fourth-order valence-electron chi connectivity index (χ4n) is 2.36. The molecule has 2 N–H and O–H groups in total. The van der Waals surface area contributed by atoms with Gasteiger partial charge in [-0.25, -0.2) is 9.18 Å². The standard InChI is InChI=1S/C17H14FN3O3/c18-14-4-2-1-3-13(14)15(22)20-12-7-5-11(6-8-12)16(23)21-10-9-19-17(21)24/h1-8H,9-10H2,(H,19,24)(H,20,22). The Morgan fingerprint density at radius 2 is 1.79 bits per heavy atom. The van der Waals surface area contributed by atoms with E-state index in [0.717, 1.165) is 4.90 Å². The number of urea groups is 1. The van der Waals surface area contributed by atoms with Gasteiger partial charge in [-0.3, -0.25) is 14.5 Å². The maximum absolute atomic E-state index is 13.6. The third kappa shape index (κ3) is 3.10. The molecule has 2 aromatic rings. The van der Waals surface area contributed by atoms with Gasteiger partial charge in [0.2, 0.25) is 0 Å². The molecule has 122 valence electrons. The molecule has 0 atom stereocenters. The summed E-state index contributed by atoms with van der Waals surface area (Å²) in [5, 5.41) is 5.12. The van der Waals surface area contributed by atoms with Gasteiger partial charge in [-0.15, -0.1) is 0 Å². The first-order chi connectivity index (χ1) is 11.6. The first-order valence-corrected chi connectivity index (χ1v) is 7.32. The van der Waals surface area contributed by atoms with Crippen molar-refractivity contribution >= 4 is 23.5 Å². The number of amides is 4. The van der Waals surface area contributed by atoms with Crippen LogP contribution in [-0.2, 0) is 0 Å². The molecule has 0 bridgehead atoms. The number of imide groups is 1. The van der Waals surface area contributed by atoms with Crippen molar-refractivity contribution in [1.82, 2.24) is 10.2 Å². The minimum Gasteiger partial charge on any atom is -0.336 e. The SMILES string of the molecule is O=C(Nc1ccc(C(=O)N2CCNC2=O)cc1)c1ccccc1F. The van der Waals surface area contributed by atoms with Gasteiger partial charge in [-0.2, -0.15) is 0 Å². The molecule has 7 heteroatoms. The predicted molar refractivity (Wildman–Crippen MR) is 85.2 cm³/mol. The second-order valence-corrected chi connectivity index (χ2v) is 5.20. The van der Waals surface area contributed by atoms with E-state index in [2.05, 4.69) is 10.6 Å². The molecule has 1 aliphatic rings. The Balaban J connectivity index is 1.71. The van der Waals surface area contributed by atoms with Crippen molar-refractivity contribution in [3.8, 4) is 0 Å². The number of rotatable bonds is 3. The van der Waals surface area contributed by atoms with E-state index in [4.69, 9.17) is 0 Å². The number of halogens is 1. The summed E-state index contributed by atoms with van der Waals surface area (Å²) in [6.45, 7) is 0.755. The van der Waals surface area contributed by atoms with Crippen LogP contribution in [0.2, 0.25) is 0 Å². The maximum Gasteiger partial charge on any atom is 0.324 e. The topological polar surface area (TPSA) is 78.5 Å². The highest BCUT2D eigenvalue weighted by molar-refractivity contribution is 6.06. The lowest BCUT2D eigenvalue weighted by Crippen LogP contribution is -2.34. The summed E-state index contributed by atoms with van der Waals surface area (Å²) in [6, 6.07) is 11.3. The summed E-state index contributed by atoms with van der Waals surface area (Å²) < 4.78 is 13.6. The molecule has 1 heterocycles. The van der Waals surface area contributed by atoms with E-state index < -0.39 is 23.7 Å². The zero-order chi connectivity index (χ0) is 17.1. The van der Waals surface area contributed by atoms with Crippen molar-refractivity contribution in [2.75, 3.05) is 18.4 Å². The van der Waals surface area contributed by atoms with Gasteiger partial charge in [-0.1, -0.05) is 12.1 Å². The molecule has 4 amide bonds. The van der Waals surface area contributed by atoms with Crippen LogP contribution in [0, 0.1) is 5.82 Å². The Hall–Kier alpha value is -3.22. The van der Waals surface area contributed by atoms with Gasteiger partial charge in [0.1, 0.15) is 5.82 Å². The van der Waals surface area contributed by atoms with Gasteiger partial charge in [0.05, 0.1) is 5.56 Å². The Kier molecular flexibility index (Phi) is 4.24. The zero-order valence-corrected chi connectivity index (χ0v) is 12.6. The Morgan fingerprint density at radius 1 is 1.08 bits per heavy atom. The smallest absolute Gasteiger partial charge is 0.324 e. The van der Waals surface area contributed by atoms with Crippen LogP contribution in [0.25, 0.3) is 0 Å². The van der Waals surface area contributed by atoms with Gasteiger partial charge in [-0.05, 0) is 36.4 Å². The van der Waals surface area contributed by atoms with Crippen LogP contribution in [0.15, 0.2) is 48.5 Å². The van der Waals surface area contributed by atoms with E-state index in [1.807, 2.05) is 0 Å². The van der Waals surface area contributed by atoms with Crippen molar-refractivity contribution in [1.29, 1.82) is 0 Å². The summed E-state index contributed by atoms with van der Waals surface area (Å²) in [5.74, 6) is -1.59. The molecular weight excluding hydrogens is 313 g/mol. The summed E-state index contributed by atoms with van der Waals surface area (Å²) in [6.07, 6.45) is 0. The molecule has 0 spiro atoms. The molecule has 24 heavy (non-hydrogen) atoms. The van der Waals surface area contributed by atoms with E-state index in [1.54, 1.807) is 6.07 Å². The van der Waals surface area contributed by atoms with Crippen molar-refractivity contribution in [3.05, 3.63) is 65.5 Å². The van der Waals surface area contributed by atoms with Crippen LogP contribution in [0.5, 0.6) is 0 Å². The van der Waals surface area contributed by atoms with Crippen LogP contribution in [-0.4, -0.2) is 35.8 Å². The van der Waals surface area contributed by atoms with Gasteiger partial charge in [0, 0.05) is 24.3 Å². The summed E-state index contributed by atoms with van der Waals surface area (Å²) in [4.78, 5) is 36.8. The van der Waals surface area contributed by atoms with E-state index in [1.165, 1.54) is 42.5 Å². The van der Waals surface area contributed by atoms with Crippen LogP contribution >= 0.6 is 0 Å². The van der Waals surface area contributed by atoms with Crippen molar-refractivity contribution in [2.45, 2.75) is 0 Å². The van der Waals surface area contributed by atoms with Crippen molar-refractivity contribution in [3.63, 3.8) is 0 Å². The molecule has 1 saturated heterocycles. The monoisotopic (exact) mass is 327 g/mol. The quantitative estimate of drug-likeness (QED) is 0.907. The summed E-state index contributed by atoms with van der Waals surface area (Å²) >= 11 is 0. The van der Waals surface area contributed by atoms with Crippen LogP contribution in [0.1, 0.15) is 20.7 Å². The first-order valence-electron chi connectivity index (χ1n) is 7.32. The Morgan fingerprint density at radius 3 is 2.42 bits per heavy atom. The van der Waals surface area contributed by atoms with E-state index in [-0.39, 0.29) is 5.56 Å². The van der Waals surface area contributed by atoms with Crippen LogP contribution in [0.3, 0.4) is 0 Å². The molecule has 6 nitrogen and oxygen atoms in total. The van der Waals surface area contributed by atoms with Gasteiger partial charge in [0.25, 0.3) is 11.8 Å². The number of carbonyl (C=O) groups excluding carboxylic acids is 3. The lowest BCUT2D eigenvalue weighted by molar-refractivity contribution is 0.0829. The number of nitrogens with one attached hydrogen (secondary N) is 2. The maximum atomic E-state index is 13.6. The molecule has 0 unspecified atom stereocenters. The third-order valence-electron chi connectivity index (χ3n) is 3.61. The minimum atomic E-state index is -0.609. The fourth-order valence-corrected chi connectivity index (χ4v) is 2.36. The number of anilines is 1. The van der Waals surface area contributed by atoms with E-state index >= 15 is 0 Å². The summed E-state index contributed by atoms with van der Waals surface area (Å²) in [5.41, 5.74) is 0.688. The largest absolute Gasteiger partial charge is 0.336 e. The molecule has 0 aromatic heterocycles. The summed E-state index contributed by atoms with van der Waals surface area (Å²) in [7, 11) is 0. The third-order valence-corrected chi connectivity index (χ3v) is 3.61. The Labute approximate surface area is 137 Å². The fraction of sp³-hybridized carbons (Fsp3) is 0.118. The zero-order valence-electron chi connectivity index (χ0n) is 12.6. The lowest BCUT2D eigenvalue weighted by Gasteiger charge is -2.12. The molecule has 1 aliphatic heterocycles. The number of carbonyl (C=O) groups is 3.